The Bertz CT molecular complexity index is 1210. The van der Waals surface area contributed by atoms with E-state index in [0.29, 0.717) is 11.8 Å². The highest BCUT2D eigenvalue weighted by Gasteiger charge is 2.43. The predicted molar refractivity (Wildman–Crippen MR) is 122 cm³/mol. The second-order valence-corrected chi connectivity index (χ2v) is 10.4. The largest absolute Gasteiger partial charge is 0.449 e. The number of benzene rings is 2. The van der Waals surface area contributed by atoms with Gasteiger partial charge in [0.15, 0.2) is 6.20 Å². The Morgan fingerprint density at radius 2 is 1.90 bits per heavy atom. The van der Waals surface area contributed by atoms with Crippen LogP contribution in [0.5, 0.6) is 11.5 Å². The van der Waals surface area contributed by atoms with Crippen LogP contribution >= 0.6 is 0 Å². The van der Waals surface area contributed by atoms with E-state index in [1.165, 1.54) is 70.0 Å². The van der Waals surface area contributed by atoms with Gasteiger partial charge in [0.1, 0.15) is 12.8 Å². The lowest BCUT2D eigenvalue weighted by Crippen LogP contribution is -2.33. The first-order valence-electron chi connectivity index (χ1n) is 11.7. The number of ether oxygens (including phenoxy) is 1. The Kier molecular flexibility index (Phi) is 3.88. The Labute approximate surface area is 179 Å². The summed E-state index contributed by atoms with van der Waals surface area (Å²) in [6, 6.07) is 9.36. The summed E-state index contributed by atoms with van der Waals surface area (Å²) in [5.74, 6) is 5.10. The van der Waals surface area contributed by atoms with Gasteiger partial charge >= 0.3 is 0 Å². The summed E-state index contributed by atoms with van der Waals surface area (Å²) in [4.78, 5) is 0. The number of pyridine rings is 1. The molecule has 1 aromatic heterocycles. The molecule has 154 valence electrons. The molecule has 3 atom stereocenters. The fraction of sp³-hybridized carbons (Fsp3) is 0.464. The Morgan fingerprint density at radius 3 is 2.60 bits per heavy atom. The number of fused-ring (bicyclic) bond motifs is 4. The van der Waals surface area contributed by atoms with Crippen molar-refractivity contribution >= 4 is 10.8 Å². The second-order valence-electron chi connectivity index (χ2n) is 10.4. The van der Waals surface area contributed by atoms with Gasteiger partial charge in [0.2, 0.25) is 5.75 Å². The highest BCUT2D eigenvalue weighted by molar-refractivity contribution is 6.05. The summed E-state index contributed by atoms with van der Waals surface area (Å²) in [6.07, 6.45) is 7.86. The van der Waals surface area contributed by atoms with Gasteiger partial charge in [-0.3, -0.25) is 0 Å². The fourth-order valence-electron chi connectivity index (χ4n) is 6.54. The molecule has 3 aromatic rings. The van der Waals surface area contributed by atoms with Crippen molar-refractivity contribution < 1.29 is 9.30 Å². The highest BCUT2D eigenvalue weighted by atomic mass is 16.5. The molecule has 2 aliphatic carbocycles. The first-order chi connectivity index (χ1) is 14.4. The summed E-state index contributed by atoms with van der Waals surface area (Å²) in [7, 11) is 2.17. The zero-order chi connectivity index (χ0) is 20.7. The van der Waals surface area contributed by atoms with Gasteiger partial charge in [0, 0.05) is 17.0 Å². The molecule has 2 aromatic carbocycles. The number of hydrogen-bond acceptors (Lipinski definition) is 1. The highest BCUT2D eigenvalue weighted by Crippen LogP contribution is 2.57. The van der Waals surface area contributed by atoms with Crippen LogP contribution in [0.1, 0.15) is 73.6 Å². The first-order valence-corrected chi connectivity index (χ1v) is 11.7. The van der Waals surface area contributed by atoms with Crippen molar-refractivity contribution in [3.63, 3.8) is 0 Å². The molecule has 3 aliphatic rings. The van der Waals surface area contributed by atoms with Crippen molar-refractivity contribution in [1.82, 2.24) is 0 Å². The van der Waals surface area contributed by atoms with E-state index in [4.69, 9.17) is 4.74 Å². The molecule has 1 aliphatic heterocycles. The quantitative estimate of drug-likeness (QED) is 0.329. The number of aromatic nitrogens is 1. The fourth-order valence-corrected chi connectivity index (χ4v) is 6.54. The third kappa shape index (κ3) is 2.46. The van der Waals surface area contributed by atoms with Gasteiger partial charge in [-0.15, -0.1) is 0 Å². The number of rotatable bonds is 2. The maximum absolute atomic E-state index is 6.85. The minimum Gasteiger partial charge on any atom is -0.449 e. The summed E-state index contributed by atoms with van der Waals surface area (Å²) < 4.78 is 9.13. The molecule has 0 saturated heterocycles. The summed E-state index contributed by atoms with van der Waals surface area (Å²) in [6.45, 7) is 9.08. The van der Waals surface area contributed by atoms with Crippen molar-refractivity contribution in [3.05, 3.63) is 52.7 Å². The van der Waals surface area contributed by atoms with Gasteiger partial charge in [0.25, 0.3) is 5.69 Å². The maximum Gasteiger partial charge on any atom is 0.256 e. The van der Waals surface area contributed by atoms with Gasteiger partial charge in [-0.1, -0.05) is 32.4 Å². The summed E-state index contributed by atoms with van der Waals surface area (Å²) in [5.41, 5.74) is 8.20. The molecule has 0 radical (unpaired) electrons. The number of nitrogens with zero attached hydrogens (tertiary/aromatic N) is 1. The molecule has 2 saturated carbocycles. The molecule has 2 fully saturated rings. The zero-order valence-corrected chi connectivity index (χ0v) is 18.9. The van der Waals surface area contributed by atoms with Crippen molar-refractivity contribution in [2.45, 2.75) is 65.2 Å². The summed E-state index contributed by atoms with van der Waals surface area (Å²) >= 11 is 0. The Morgan fingerprint density at radius 1 is 1.07 bits per heavy atom. The van der Waals surface area contributed by atoms with Crippen LogP contribution in [0.4, 0.5) is 0 Å². The normalized spacial score (nSPS) is 23.9. The van der Waals surface area contributed by atoms with Gasteiger partial charge in [0.05, 0.1) is 5.56 Å². The van der Waals surface area contributed by atoms with Crippen molar-refractivity contribution in [2.75, 3.05) is 0 Å². The minimum atomic E-state index is 0.484. The minimum absolute atomic E-state index is 0.484. The molecule has 3 unspecified atom stereocenters. The molecule has 0 amide bonds. The second kappa shape index (κ2) is 6.33. The van der Waals surface area contributed by atoms with Crippen LogP contribution in [0.15, 0.2) is 30.5 Å². The molecular formula is C28H32NO+. The molecule has 2 bridgehead atoms. The average molecular weight is 399 g/mol. The van der Waals surface area contributed by atoms with Crippen molar-refractivity contribution in [1.29, 1.82) is 0 Å². The van der Waals surface area contributed by atoms with Crippen LogP contribution in [0.25, 0.3) is 22.0 Å². The number of hydrogen-bond donors (Lipinski definition) is 0. The van der Waals surface area contributed by atoms with Crippen LogP contribution in [0.3, 0.4) is 0 Å². The van der Waals surface area contributed by atoms with Gasteiger partial charge in [-0.05, 0) is 84.9 Å². The standard InChI is InChI=1S/C28H32NO/c1-15(2)20-13-21-10-16(3)17(4)25-26(21)24(14-20)30-28-22(8-9-29(5)27(25)28)23-12-18-6-7-19(23)11-18/h8-10,13-15,18-19,23H,6-7,11-12H2,1-5H3/q+1. The molecule has 0 spiro atoms. The predicted octanol–water partition coefficient (Wildman–Crippen LogP) is 7.08. The van der Waals surface area contributed by atoms with E-state index in [1.807, 2.05) is 0 Å². The smallest absolute Gasteiger partial charge is 0.256 e. The van der Waals surface area contributed by atoms with Crippen LogP contribution in [-0.4, -0.2) is 0 Å². The zero-order valence-electron chi connectivity index (χ0n) is 18.9. The topological polar surface area (TPSA) is 13.1 Å². The average Bonchev–Trinajstić information content (AvgIpc) is 3.34. The van der Waals surface area contributed by atoms with Crippen LogP contribution in [-0.2, 0) is 7.05 Å². The van der Waals surface area contributed by atoms with Crippen LogP contribution in [0, 0.1) is 25.7 Å². The molecule has 0 N–H and O–H groups in total. The van der Waals surface area contributed by atoms with Gasteiger partial charge in [-0.25, -0.2) is 0 Å². The van der Waals surface area contributed by atoms with Crippen molar-refractivity contribution in [3.8, 4) is 22.8 Å². The van der Waals surface area contributed by atoms with Crippen LogP contribution < -0.4 is 9.30 Å². The van der Waals surface area contributed by atoms with Gasteiger partial charge < -0.3 is 4.74 Å². The van der Waals surface area contributed by atoms with Crippen LogP contribution in [0.2, 0.25) is 0 Å². The number of aryl methyl sites for hydroxylation is 2. The van der Waals surface area contributed by atoms with E-state index < -0.39 is 0 Å². The monoisotopic (exact) mass is 398 g/mol. The van der Waals surface area contributed by atoms with E-state index >= 15 is 0 Å². The molecular weight excluding hydrogens is 366 g/mol. The Hall–Kier alpha value is -2.35. The van der Waals surface area contributed by atoms with E-state index in [-0.39, 0.29) is 0 Å². The van der Waals surface area contributed by atoms with Crippen molar-refractivity contribution in [2.24, 2.45) is 18.9 Å². The van der Waals surface area contributed by atoms with E-state index in [2.05, 4.69) is 69.8 Å². The SMILES string of the molecule is Cc1cc2cc(C(C)C)cc3c2c(c1C)-c1c(c(C2CC4CCC2C4)cc[n+]1C)O3. The van der Waals surface area contributed by atoms with E-state index in [0.717, 1.165) is 23.3 Å². The summed E-state index contributed by atoms with van der Waals surface area (Å²) in [5, 5.41) is 2.60. The van der Waals surface area contributed by atoms with E-state index in [1.54, 1.807) is 0 Å². The third-order valence-corrected chi connectivity index (χ3v) is 8.30. The molecule has 2 nitrogen and oxygen atoms in total. The lowest BCUT2D eigenvalue weighted by Gasteiger charge is -2.28. The lowest BCUT2D eigenvalue weighted by molar-refractivity contribution is -0.660. The molecule has 30 heavy (non-hydrogen) atoms. The molecule has 2 heteroatoms. The molecule has 2 heterocycles. The Balaban J connectivity index is 1.66. The third-order valence-electron chi connectivity index (χ3n) is 8.30. The lowest BCUT2D eigenvalue weighted by atomic mass is 9.81. The maximum atomic E-state index is 6.85. The first kappa shape index (κ1) is 18.4. The molecule has 6 rings (SSSR count). The van der Waals surface area contributed by atoms with Gasteiger partial charge in [-0.2, -0.15) is 4.57 Å². The van der Waals surface area contributed by atoms with E-state index in [9.17, 15) is 0 Å².